The van der Waals surface area contributed by atoms with Crippen LogP contribution in [-0.4, -0.2) is 49.5 Å². The average molecular weight is 330 g/mol. The van der Waals surface area contributed by atoms with Crippen molar-refractivity contribution < 1.29 is 14.2 Å². The van der Waals surface area contributed by atoms with Crippen LogP contribution < -0.4 is 9.47 Å². The van der Waals surface area contributed by atoms with Gasteiger partial charge in [0.05, 0.1) is 18.3 Å². The second-order valence-electron chi connectivity index (χ2n) is 6.00. The summed E-state index contributed by atoms with van der Waals surface area (Å²) in [6, 6.07) is 7.83. The number of hydrogen-bond donors (Lipinski definition) is 0. The highest BCUT2D eigenvalue weighted by molar-refractivity contribution is 5.85. The first kappa shape index (κ1) is 19.1. The summed E-state index contributed by atoms with van der Waals surface area (Å²) in [6.45, 7) is 11.9. The molecule has 0 spiro atoms. The normalized spacial score (nSPS) is 22.2. The smallest absolute Gasteiger partial charge is 0.119 e. The van der Waals surface area contributed by atoms with Gasteiger partial charge in [-0.05, 0) is 52.0 Å². The van der Waals surface area contributed by atoms with Gasteiger partial charge in [-0.15, -0.1) is 12.4 Å². The lowest BCUT2D eigenvalue weighted by atomic mass is 10.2. The topological polar surface area (TPSA) is 30.9 Å². The minimum absolute atomic E-state index is 0. The van der Waals surface area contributed by atoms with Crippen LogP contribution in [0.2, 0.25) is 0 Å². The monoisotopic (exact) mass is 329 g/mol. The fraction of sp³-hybridized carbons (Fsp3) is 0.647. The Hall–Kier alpha value is -0.970. The van der Waals surface area contributed by atoms with Gasteiger partial charge >= 0.3 is 0 Å². The van der Waals surface area contributed by atoms with Crippen LogP contribution >= 0.6 is 12.4 Å². The zero-order valence-corrected chi connectivity index (χ0v) is 14.8. The standard InChI is InChI=1S/C17H27NO3.ClH/c1-13(2)20-17-7-5-16(6-8-17)19-10-9-18-11-14(3)21-15(4)12-18;/h5-8,13-15H,9-12H2,1-4H3;1H. The van der Waals surface area contributed by atoms with Crippen LogP contribution in [0.25, 0.3) is 0 Å². The third-order valence-electron chi connectivity index (χ3n) is 3.37. The van der Waals surface area contributed by atoms with E-state index in [1.54, 1.807) is 0 Å². The molecule has 4 nitrogen and oxygen atoms in total. The maximum atomic E-state index is 5.80. The van der Waals surface area contributed by atoms with Gasteiger partial charge in [-0.2, -0.15) is 0 Å². The highest BCUT2D eigenvalue weighted by atomic mass is 35.5. The van der Waals surface area contributed by atoms with E-state index in [0.29, 0.717) is 18.8 Å². The molecule has 2 atom stereocenters. The minimum Gasteiger partial charge on any atom is -0.492 e. The van der Waals surface area contributed by atoms with Crippen LogP contribution in [0.5, 0.6) is 11.5 Å². The first-order valence-electron chi connectivity index (χ1n) is 7.80. The maximum Gasteiger partial charge on any atom is 0.119 e. The van der Waals surface area contributed by atoms with Crippen LogP contribution in [0.15, 0.2) is 24.3 Å². The molecular formula is C17H28ClNO3. The second kappa shape index (κ2) is 9.23. The quantitative estimate of drug-likeness (QED) is 0.800. The summed E-state index contributed by atoms with van der Waals surface area (Å²) in [7, 11) is 0. The summed E-state index contributed by atoms with van der Waals surface area (Å²) in [5.41, 5.74) is 0. The van der Waals surface area contributed by atoms with E-state index in [2.05, 4.69) is 18.7 Å². The summed E-state index contributed by atoms with van der Waals surface area (Å²) in [5, 5.41) is 0. The number of hydrogen-bond acceptors (Lipinski definition) is 4. The third kappa shape index (κ3) is 6.42. The molecule has 2 rings (SSSR count). The van der Waals surface area contributed by atoms with Gasteiger partial charge in [0.15, 0.2) is 0 Å². The van der Waals surface area contributed by atoms with Crippen LogP contribution in [0.4, 0.5) is 0 Å². The summed E-state index contributed by atoms with van der Waals surface area (Å²) >= 11 is 0. The van der Waals surface area contributed by atoms with Gasteiger partial charge in [0.1, 0.15) is 18.1 Å². The van der Waals surface area contributed by atoms with E-state index >= 15 is 0 Å². The second-order valence-corrected chi connectivity index (χ2v) is 6.00. The first-order valence-corrected chi connectivity index (χ1v) is 7.80. The molecule has 0 saturated carbocycles. The third-order valence-corrected chi connectivity index (χ3v) is 3.37. The van der Waals surface area contributed by atoms with Crippen molar-refractivity contribution in [2.75, 3.05) is 26.2 Å². The van der Waals surface area contributed by atoms with E-state index in [9.17, 15) is 0 Å². The first-order chi connectivity index (χ1) is 10.0. The molecule has 0 N–H and O–H groups in total. The van der Waals surface area contributed by atoms with Gasteiger partial charge in [-0.25, -0.2) is 0 Å². The number of ether oxygens (including phenoxy) is 3. The van der Waals surface area contributed by atoms with E-state index < -0.39 is 0 Å². The van der Waals surface area contributed by atoms with Gasteiger partial charge in [0, 0.05) is 19.6 Å². The van der Waals surface area contributed by atoms with Crippen molar-refractivity contribution in [3.05, 3.63) is 24.3 Å². The molecule has 1 aromatic rings. The Bertz CT molecular complexity index is 414. The van der Waals surface area contributed by atoms with E-state index in [0.717, 1.165) is 31.1 Å². The number of halogens is 1. The lowest BCUT2D eigenvalue weighted by Gasteiger charge is -2.35. The largest absolute Gasteiger partial charge is 0.492 e. The van der Waals surface area contributed by atoms with Crippen molar-refractivity contribution in [2.45, 2.75) is 46.0 Å². The molecule has 22 heavy (non-hydrogen) atoms. The summed E-state index contributed by atoms with van der Waals surface area (Å²) in [4.78, 5) is 2.40. The lowest BCUT2D eigenvalue weighted by Crippen LogP contribution is -2.46. The fourth-order valence-electron chi connectivity index (χ4n) is 2.65. The van der Waals surface area contributed by atoms with Crippen LogP contribution in [0, 0.1) is 0 Å². The number of benzene rings is 1. The molecule has 1 saturated heterocycles. The van der Waals surface area contributed by atoms with Crippen molar-refractivity contribution in [1.29, 1.82) is 0 Å². The Labute approximate surface area is 140 Å². The van der Waals surface area contributed by atoms with Crippen molar-refractivity contribution in [3.8, 4) is 11.5 Å². The Morgan fingerprint density at radius 1 is 1.09 bits per heavy atom. The molecule has 126 valence electrons. The number of nitrogens with zero attached hydrogens (tertiary/aromatic N) is 1. The molecule has 2 unspecified atom stereocenters. The molecule has 0 amide bonds. The van der Waals surface area contributed by atoms with E-state index in [4.69, 9.17) is 14.2 Å². The summed E-state index contributed by atoms with van der Waals surface area (Å²) in [6.07, 6.45) is 0.810. The van der Waals surface area contributed by atoms with Gasteiger partial charge in [0.25, 0.3) is 0 Å². The molecule has 5 heteroatoms. The average Bonchev–Trinajstić information content (AvgIpc) is 2.39. The molecule has 0 aliphatic carbocycles. The highest BCUT2D eigenvalue weighted by Gasteiger charge is 2.21. The molecule has 0 radical (unpaired) electrons. The van der Waals surface area contributed by atoms with Gasteiger partial charge in [-0.1, -0.05) is 0 Å². The van der Waals surface area contributed by atoms with Gasteiger partial charge in [-0.3, -0.25) is 4.90 Å². The molecule has 0 bridgehead atoms. The molecule has 1 heterocycles. The zero-order chi connectivity index (χ0) is 15.2. The Kier molecular flexibility index (Phi) is 8.01. The van der Waals surface area contributed by atoms with Crippen LogP contribution in [0.3, 0.4) is 0 Å². The molecular weight excluding hydrogens is 302 g/mol. The molecule has 1 aliphatic heterocycles. The van der Waals surface area contributed by atoms with Crippen molar-refractivity contribution in [1.82, 2.24) is 4.90 Å². The van der Waals surface area contributed by atoms with Crippen LogP contribution in [-0.2, 0) is 4.74 Å². The predicted octanol–water partition coefficient (Wildman–Crippen LogP) is 3.38. The highest BCUT2D eigenvalue weighted by Crippen LogP contribution is 2.18. The minimum atomic E-state index is 0. The molecule has 1 aromatic carbocycles. The number of rotatable bonds is 6. The number of morpholine rings is 1. The van der Waals surface area contributed by atoms with Crippen molar-refractivity contribution >= 4 is 12.4 Å². The molecule has 1 fully saturated rings. The summed E-state index contributed by atoms with van der Waals surface area (Å²) < 4.78 is 17.1. The van der Waals surface area contributed by atoms with Gasteiger partial charge < -0.3 is 14.2 Å². The molecule has 0 aromatic heterocycles. The SMILES string of the molecule is CC(C)Oc1ccc(OCCN2CC(C)OC(C)C2)cc1.Cl. The zero-order valence-electron chi connectivity index (χ0n) is 14.0. The summed E-state index contributed by atoms with van der Waals surface area (Å²) in [5.74, 6) is 1.77. The van der Waals surface area contributed by atoms with E-state index in [1.807, 2.05) is 38.1 Å². The Morgan fingerprint density at radius 2 is 1.64 bits per heavy atom. The maximum absolute atomic E-state index is 5.80. The Morgan fingerprint density at radius 3 is 2.18 bits per heavy atom. The molecule has 1 aliphatic rings. The van der Waals surface area contributed by atoms with Crippen LogP contribution in [0.1, 0.15) is 27.7 Å². The van der Waals surface area contributed by atoms with E-state index in [1.165, 1.54) is 0 Å². The van der Waals surface area contributed by atoms with Gasteiger partial charge in [0.2, 0.25) is 0 Å². The lowest BCUT2D eigenvalue weighted by molar-refractivity contribution is -0.0699. The predicted molar refractivity (Wildman–Crippen MR) is 91.4 cm³/mol. The van der Waals surface area contributed by atoms with Crippen molar-refractivity contribution in [3.63, 3.8) is 0 Å². The fourth-order valence-corrected chi connectivity index (χ4v) is 2.65. The Balaban J connectivity index is 0.00000242. The van der Waals surface area contributed by atoms with Crippen molar-refractivity contribution in [2.24, 2.45) is 0 Å². The van der Waals surface area contributed by atoms with E-state index in [-0.39, 0.29) is 18.5 Å².